The molecule has 2 unspecified atom stereocenters. The molecule has 0 fully saturated rings. The topological polar surface area (TPSA) is 65.4 Å². The Balaban J connectivity index is 1.32. The van der Waals surface area contributed by atoms with E-state index in [0.717, 1.165) is 33.8 Å². The number of benzene rings is 6. The van der Waals surface area contributed by atoms with Crippen molar-refractivity contribution in [2.24, 2.45) is 0 Å². The molecule has 2 N–H and O–H groups in total. The van der Waals surface area contributed by atoms with Crippen molar-refractivity contribution in [3.05, 3.63) is 204 Å². The first-order valence-corrected chi connectivity index (χ1v) is 18.0. The van der Waals surface area contributed by atoms with Gasteiger partial charge in [-0.05, 0) is 46.5 Å². The summed E-state index contributed by atoms with van der Waals surface area (Å²) in [7, 11) is 0. The van der Waals surface area contributed by atoms with Gasteiger partial charge in [-0.1, -0.05) is 158 Å². The van der Waals surface area contributed by atoms with Crippen LogP contribution in [0, 0.1) is 0 Å². The SMILES string of the molecule is OC(COc1ccccc1)CN(CCN(CC(O)COc1ccccc1)C(c1ccccc1)c1ccccc1)C(c1ccccc1)c1ccccc1. The lowest BCUT2D eigenvalue weighted by Gasteiger charge is -2.38. The normalized spacial score (nSPS) is 12.7. The van der Waals surface area contributed by atoms with Crippen LogP contribution in [-0.2, 0) is 0 Å². The lowest BCUT2D eigenvalue weighted by atomic mass is 9.95. The van der Waals surface area contributed by atoms with Gasteiger partial charge in [0.2, 0.25) is 0 Å². The van der Waals surface area contributed by atoms with Crippen molar-refractivity contribution in [1.29, 1.82) is 0 Å². The Kier molecular flexibility index (Phi) is 13.6. The van der Waals surface area contributed by atoms with E-state index in [-0.39, 0.29) is 25.3 Å². The molecule has 52 heavy (non-hydrogen) atoms. The van der Waals surface area contributed by atoms with Crippen molar-refractivity contribution >= 4 is 0 Å². The molecular formula is C46H48N2O4. The van der Waals surface area contributed by atoms with Gasteiger partial charge < -0.3 is 19.7 Å². The monoisotopic (exact) mass is 692 g/mol. The molecule has 0 aromatic heterocycles. The second-order valence-electron chi connectivity index (χ2n) is 13.0. The largest absolute Gasteiger partial charge is 0.491 e. The van der Waals surface area contributed by atoms with Gasteiger partial charge in [-0.3, -0.25) is 9.80 Å². The predicted molar refractivity (Wildman–Crippen MR) is 208 cm³/mol. The second-order valence-corrected chi connectivity index (χ2v) is 13.0. The highest BCUT2D eigenvalue weighted by molar-refractivity contribution is 5.34. The van der Waals surface area contributed by atoms with Gasteiger partial charge in [0, 0.05) is 26.2 Å². The van der Waals surface area contributed by atoms with Gasteiger partial charge in [0.25, 0.3) is 0 Å². The third-order valence-corrected chi connectivity index (χ3v) is 9.13. The molecule has 266 valence electrons. The molecule has 0 spiro atoms. The van der Waals surface area contributed by atoms with Crippen LogP contribution in [0.15, 0.2) is 182 Å². The first-order valence-electron chi connectivity index (χ1n) is 18.0. The molecule has 0 saturated heterocycles. The molecule has 6 rings (SSSR count). The molecular weight excluding hydrogens is 645 g/mol. The number of aliphatic hydroxyl groups is 2. The van der Waals surface area contributed by atoms with Crippen LogP contribution in [0.1, 0.15) is 34.3 Å². The Hall–Kier alpha value is -5.24. The summed E-state index contributed by atoms with van der Waals surface area (Å²) in [4.78, 5) is 4.69. The minimum atomic E-state index is -0.757. The predicted octanol–water partition coefficient (Wildman–Crippen LogP) is 8.05. The van der Waals surface area contributed by atoms with Gasteiger partial charge in [0.1, 0.15) is 36.9 Å². The van der Waals surface area contributed by atoms with E-state index in [1.54, 1.807) is 0 Å². The first-order chi connectivity index (χ1) is 25.6. The zero-order valence-corrected chi connectivity index (χ0v) is 29.5. The molecule has 0 aliphatic carbocycles. The number of rotatable bonds is 19. The fraction of sp³-hybridized carbons (Fsp3) is 0.217. The van der Waals surface area contributed by atoms with Gasteiger partial charge in [-0.25, -0.2) is 0 Å². The first kappa shape index (κ1) is 36.5. The second kappa shape index (κ2) is 19.4. The number of hydrogen-bond donors (Lipinski definition) is 2. The Morgan fingerprint density at radius 1 is 0.365 bits per heavy atom. The van der Waals surface area contributed by atoms with Crippen molar-refractivity contribution in [3.63, 3.8) is 0 Å². The highest BCUT2D eigenvalue weighted by atomic mass is 16.5. The van der Waals surface area contributed by atoms with Crippen LogP contribution >= 0.6 is 0 Å². The van der Waals surface area contributed by atoms with E-state index in [4.69, 9.17) is 9.47 Å². The number of aliphatic hydroxyl groups excluding tert-OH is 2. The van der Waals surface area contributed by atoms with Crippen molar-refractivity contribution in [2.45, 2.75) is 24.3 Å². The maximum Gasteiger partial charge on any atom is 0.119 e. The lowest BCUT2D eigenvalue weighted by molar-refractivity contribution is 0.0353. The fourth-order valence-corrected chi connectivity index (χ4v) is 6.74. The van der Waals surface area contributed by atoms with E-state index in [0.29, 0.717) is 26.2 Å². The Morgan fingerprint density at radius 3 is 0.885 bits per heavy atom. The third-order valence-electron chi connectivity index (χ3n) is 9.13. The quantitative estimate of drug-likeness (QED) is 0.0896. The molecule has 0 radical (unpaired) electrons. The molecule has 0 amide bonds. The van der Waals surface area contributed by atoms with E-state index in [1.165, 1.54) is 0 Å². The van der Waals surface area contributed by atoms with Crippen molar-refractivity contribution < 1.29 is 19.7 Å². The number of hydrogen-bond acceptors (Lipinski definition) is 6. The fourth-order valence-electron chi connectivity index (χ4n) is 6.74. The summed E-state index contributed by atoms with van der Waals surface area (Å²) in [6.07, 6.45) is -1.51. The standard InChI is InChI=1S/C46H48N2O4/c49-41(35-51-43-27-15-5-16-28-43)33-47(45(37-19-7-1-8-20-37)38-21-9-2-10-22-38)31-32-48(34-42(50)36-52-44-29-17-6-18-30-44)46(39-23-11-3-12-24-39)40-25-13-4-14-26-40/h1-30,41-42,45-46,49-50H,31-36H2. The van der Waals surface area contributed by atoms with E-state index < -0.39 is 12.2 Å². The average Bonchev–Trinajstić information content (AvgIpc) is 3.21. The Bertz CT molecular complexity index is 1610. The van der Waals surface area contributed by atoms with Gasteiger partial charge in [0.15, 0.2) is 0 Å². The molecule has 0 aliphatic heterocycles. The summed E-state index contributed by atoms with van der Waals surface area (Å²) in [6.45, 7) is 2.25. The van der Waals surface area contributed by atoms with Crippen molar-refractivity contribution in [2.75, 3.05) is 39.4 Å². The maximum absolute atomic E-state index is 11.5. The molecule has 6 aromatic carbocycles. The Morgan fingerprint density at radius 2 is 0.615 bits per heavy atom. The molecule has 6 nitrogen and oxygen atoms in total. The number of ether oxygens (including phenoxy) is 2. The van der Waals surface area contributed by atoms with Crippen LogP contribution in [0.25, 0.3) is 0 Å². The summed E-state index contributed by atoms with van der Waals surface area (Å²) in [6, 6.07) is 60.8. The third kappa shape index (κ3) is 10.6. The van der Waals surface area contributed by atoms with Gasteiger partial charge in [0.05, 0.1) is 12.1 Å². The van der Waals surface area contributed by atoms with Crippen LogP contribution in [0.2, 0.25) is 0 Å². The molecule has 6 aromatic rings. The van der Waals surface area contributed by atoms with E-state index in [9.17, 15) is 10.2 Å². The molecule has 0 saturated carbocycles. The van der Waals surface area contributed by atoms with Crippen LogP contribution in [0.5, 0.6) is 11.5 Å². The smallest absolute Gasteiger partial charge is 0.119 e. The van der Waals surface area contributed by atoms with Crippen molar-refractivity contribution in [3.8, 4) is 11.5 Å². The lowest BCUT2D eigenvalue weighted by Crippen LogP contribution is -2.46. The van der Waals surface area contributed by atoms with Crippen LogP contribution in [0.4, 0.5) is 0 Å². The van der Waals surface area contributed by atoms with Gasteiger partial charge >= 0.3 is 0 Å². The Labute approximate surface area is 308 Å². The summed E-state index contributed by atoms with van der Waals surface area (Å²) < 4.78 is 12.0. The van der Waals surface area contributed by atoms with E-state index in [2.05, 4.69) is 107 Å². The number of nitrogens with zero attached hydrogens (tertiary/aromatic N) is 2. The summed E-state index contributed by atoms with van der Waals surface area (Å²) in [5, 5.41) is 23.1. The highest BCUT2D eigenvalue weighted by Gasteiger charge is 2.29. The van der Waals surface area contributed by atoms with E-state index >= 15 is 0 Å². The summed E-state index contributed by atoms with van der Waals surface area (Å²) in [5.74, 6) is 1.45. The summed E-state index contributed by atoms with van der Waals surface area (Å²) >= 11 is 0. The van der Waals surface area contributed by atoms with Crippen molar-refractivity contribution in [1.82, 2.24) is 9.80 Å². The zero-order chi connectivity index (χ0) is 35.8. The molecule has 0 aliphatic rings. The molecule has 0 bridgehead atoms. The minimum absolute atomic E-state index is 0.131. The van der Waals surface area contributed by atoms with Crippen LogP contribution in [-0.4, -0.2) is 71.6 Å². The highest BCUT2D eigenvalue weighted by Crippen LogP contribution is 2.32. The average molecular weight is 693 g/mol. The number of para-hydroxylation sites is 2. The van der Waals surface area contributed by atoms with Crippen LogP contribution in [0.3, 0.4) is 0 Å². The van der Waals surface area contributed by atoms with Crippen LogP contribution < -0.4 is 9.47 Å². The molecule has 2 atom stereocenters. The van der Waals surface area contributed by atoms with Gasteiger partial charge in [-0.2, -0.15) is 0 Å². The molecule has 6 heteroatoms. The zero-order valence-electron chi connectivity index (χ0n) is 29.5. The minimum Gasteiger partial charge on any atom is -0.491 e. The maximum atomic E-state index is 11.5. The van der Waals surface area contributed by atoms with Gasteiger partial charge in [-0.15, -0.1) is 0 Å². The molecule has 0 heterocycles. The summed E-state index contributed by atoms with van der Waals surface area (Å²) in [5.41, 5.74) is 4.54. The van der Waals surface area contributed by atoms with E-state index in [1.807, 2.05) is 84.9 Å².